The number of anilines is 1. The fourth-order valence-corrected chi connectivity index (χ4v) is 2.63. The fourth-order valence-electron chi connectivity index (χ4n) is 1.69. The average molecular weight is 292 g/mol. The van der Waals surface area contributed by atoms with E-state index in [0.29, 0.717) is 5.22 Å². The molecule has 0 amide bonds. The fraction of sp³-hybridized carbons (Fsp3) is 0.500. The van der Waals surface area contributed by atoms with Crippen molar-refractivity contribution in [2.45, 2.75) is 51.3 Å². The molecule has 0 spiro atoms. The highest BCUT2D eigenvalue weighted by molar-refractivity contribution is 7.99. The molecule has 0 aliphatic rings. The minimum absolute atomic E-state index is 0.627. The van der Waals surface area contributed by atoms with Crippen LogP contribution in [0.2, 0.25) is 0 Å². The molecule has 0 radical (unpaired) electrons. The Labute approximate surface area is 123 Å². The molecule has 108 valence electrons. The van der Waals surface area contributed by atoms with Gasteiger partial charge in [-0.2, -0.15) is 0 Å². The zero-order chi connectivity index (χ0) is 14.7. The highest BCUT2D eigenvalue weighted by Gasteiger charge is 2.14. The number of nitrogens with one attached hydrogen (secondary N) is 1. The highest BCUT2D eigenvalue weighted by atomic mass is 32.2. The Balaban J connectivity index is 2.28. The van der Waals surface area contributed by atoms with Gasteiger partial charge in [0, 0.05) is 12.1 Å². The lowest BCUT2D eigenvalue weighted by molar-refractivity contribution is 0.431. The Morgan fingerprint density at radius 1 is 1.10 bits per heavy atom. The monoisotopic (exact) mass is 292 g/mol. The van der Waals surface area contributed by atoms with Crippen molar-refractivity contribution < 1.29 is 4.42 Å². The number of hydrogen-bond acceptors (Lipinski definition) is 6. The van der Waals surface area contributed by atoms with Gasteiger partial charge < -0.3 is 9.73 Å². The second kappa shape index (κ2) is 6.26. The number of oxazole rings is 1. The van der Waals surface area contributed by atoms with Crippen LogP contribution >= 0.6 is 11.8 Å². The molecule has 0 unspecified atom stereocenters. The van der Waals surface area contributed by atoms with Gasteiger partial charge in [0.05, 0.1) is 5.69 Å². The van der Waals surface area contributed by atoms with Crippen LogP contribution in [0.5, 0.6) is 0 Å². The van der Waals surface area contributed by atoms with E-state index in [1.165, 1.54) is 11.8 Å². The van der Waals surface area contributed by atoms with E-state index in [0.717, 1.165) is 46.7 Å². The SMILES string of the molecule is CCCNc1nc(C)nc(Sc2nc(C)c(C)o2)c1C. The van der Waals surface area contributed by atoms with E-state index in [9.17, 15) is 0 Å². The third-order valence-electron chi connectivity index (χ3n) is 2.95. The largest absolute Gasteiger partial charge is 0.436 e. The van der Waals surface area contributed by atoms with Crippen LogP contribution in [0.1, 0.15) is 36.2 Å². The second-order valence-electron chi connectivity index (χ2n) is 4.70. The Bertz CT molecular complexity index is 590. The zero-order valence-corrected chi connectivity index (χ0v) is 13.4. The average Bonchev–Trinajstić information content (AvgIpc) is 2.70. The first-order valence-electron chi connectivity index (χ1n) is 6.72. The van der Waals surface area contributed by atoms with Gasteiger partial charge in [0.25, 0.3) is 5.22 Å². The maximum absolute atomic E-state index is 5.61. The van der Waals surface area contributed by atoms with Gasteiger partial charge in [0.2, 0.25) is 0 Å². The molecule has 0 saturated carbocycles. The van der Waals surface area contributed by atoms with Gasteiger partial charge in [-0.1, -0.05) is 6.92 Å². The molecular formula is C14H20N4OS. The van der Waals surface area contributed by atoms with E-state index in [1.807, 2.05) is 27.7 Å². The van der Waals surface area contributed by atoms with Crippen LogP contribution in [0.4, 0.5) is 5.82 Å². The third-order valence-corrected chi connectivity index (χ3v) is 3.89. The van der Waals surface area contributed by atoms with Gasteiger partial charge in [-0.05, 0) is 45.9 Å². The lowest BCUT2D eigenvalue weighted by atomic mass is 10.3. The van der Waals surface area contributed by atoms with E-state index in [-0.39, 0.29) is 0 Å². The van der Waals surface area contributed by atoms with E-state index in [1.54, 1.807) is 0 Å². The summed E-state index contributed by atoms with van der Waals surface area (Å²) in [6, 6.07) is 0. The summed E-state index contributed by atoms with van der Waals surface area (Å²) in [5.41, 5.74) is 1.95. The van der Waals surface area contributed by atoms with Crippen molar-refractivity contribution in [2.24, 2.45) is 0 Å². The first-order valence-corrected chi connectivity index (χ1v) is 7.54. The molecule has 0 fully saturated rings. The molecule has 0 bridgehead atoms. The van der Waals surface area contributed by atoms with Crippen molar-refractivity contribution >= 4 is 17.6 Å². The van der Waals surface area contributed by atoms with Crippen LogP contribution in [-0.4, -0.2) is 21.5 Å². The van der Waals surface area contributed by atoms with Crippen molar-refractivity contribution in [1.29, 1.82) is 0 Å². The summed E-state index contributed by atoms with van der Waals surface area (Å²) in [7, 11) is 0. The molecule has 0 aliphatic heterocycles. The van der Waals surface area contributed by atoms with Gasteiger partial charge >= 0.3 is 0 Å². The molecule has 20 heavy (non-hydrogen) atoms. The summed E-state index contributed by atoms with van der Waals surface area (Å²) in [5.74, 6) is 2.49. The van der Waals surface area contributed by atoms with Gasteiger partial charge in [-0.3, -0.25) is 0 Å². The number of aromatic nitrogens is 3. The zero-order valence-electron chi connectivity index (χ0n) is 12.6. The summed E-state index contributed by atoms with van der Waals surface area (Å²) in [6.45, 7) is 10.8. The minimum atomic E-state index is 0.627. The van der Waals surface area contributed by atoms with E-state index < -0.39 is 0 Å². The van der Waals surface area contributed by atoms with Crippen molar-refractivity contribution in [3.63, 3.8) is 0 Å². The molecule has 2 aromatic heterocycles. The molecule has 5 nitrogen and oxygen atoms in total. The van der Waals surface area contributed by atoms with Crippen LogP contribution in [0.3, 0.4) is 0 Å². The van der Waals surface area contributed by atoms with Crippen molar-refractivity contribution in [3.05, 3.63) is 22.8 Å². The molecule has 0 atom stereocenters. The maximum atomic E-state index is 5.61. The van der Waals surface area contributed by atoms with E-state index in [2.05, 4.69) is 27.2 Å². The topological polar surface area (TPSA) is 63.8 Å². The summed E-state index contributed by atoms with van der Waals surface area (Å²) < 4.78 is 5.61. The smallest absolute Gasteiger partial charge is 0.262 e. The standard InChI is InChI=1S/C14H20N4OS/c1-6-7-15-12-8(2)13(18-11(5)17-12)20-14-16-9(3)10(4)19-14/h6-7H2,1-5H3,(H,15,17,18). The van der Waals surface area contributed by atoms with Gasteiger partial charge in [0.15, 0.2) is 0 Å². The molecular weight excluding hydrogens is 272 g/mol. The predicted molar refractivity (Wildman–Crippen MR) is 80.4 cm³/mol. The molecule has 0 aromatic carbocycles. The van der Waals surface area contributed by atoms with Crippen molar-refractivity contribution in [2.75, 3.05) is 11.9 Å². The molecule has 6 heteroatoms. The van der Waals surface area contributed by atoms with Crippen LogP contribution < -0.4 is 5.32 Å². The molecule has 1 N–H and O–H groups in total. The highest BCUT2D eigenvalue weighted by Crippen LogP contribution is 2.31. The molecule has 0 saturated heterocycles. The summed E-state index contributed by atoms with van der Waals surface area (Å²) in [5, 5.41) is 4.84. The Morgan fingerprint density at radius 3 is 2.45 bits per heavy atom. The Hall–Kier alpha value is -1.56. The Kier molecular flexibility index (Phi) is 4.65. The lowest BCUT2D eigenvalue weighted by Crippen LogP contribution is -2.07. The van der Waals surface area contributed by atoms with Crippen LogP contribution in [0.15, 0.2) is 14.7 Å². The summed E-state index contributed by atoms with van der Waals surface area (Å²) >= 11 is 1.44. The van der Waals surface area contributed by atoms with Crippen molar-refractivity contribution in [1.82, 2.24) is 15.0 Å². The Morgan fingerprint density at radius 2 is 1.85 bits per heavy atom. The quantitative estimate of drug-likeness (QED) is 0.848. The van der Waals surface area contributed by atoms with Gasteiger partial charge in [0.1, 0.15) is 22.4 Å². The second-order valence-corrected chi connectivity index (χ2v) is 5.64. The van der Waals surface area contributed by atoms with Gasteiger partial charge in [-0.15, -0.1) is 0 Å². The summed E-state index contributed by atoms with van der Waals surface area (Å²) in [4.78, 5) is 13.3. The number of hydrogen-bond donors (Lipinski definition) is 1. The molecule has 2 heterocycles. The first kappa shape index (κ1) is 14.8. The van der Waals surface area contributed by atoms with Crippen molar-refractivity contribution in [3.8, 4) is 0 Å². The third kappa shape index (κ3) is 3.30. The molecule has 2 rings (SSSR count). The number of aryl methyl sites for hydroxylation is 3. The van der Waals surface area contributed by atoms with Crippen LogP contribution in [0, 0.1) is 27.7 Å². The molecule has 2 aromatic rings. The summed E-state index contributed by atoms with van der Waals surface area (Å²) in [6.07, 6.45) is 1.06. The minimum Gasteiger partial charge on any atom is -0.436 e. The van der Waals surface area contributed by atoms with E-state index >= 15 is 0 Å². The number of rotatable bonds is 5. The maximum Gasteiger partial charge on any atom is 0.262 e. The van der Waals surface area contributed by atoms with E-state index in [4.69, 9.17) is 4.42 Å². The van der Waals surface area contributed by atoms with Crippen LogP contribution in [0.25, 0.3) is 0 Å². The lowest BCUT2D eigenvalue weighted by Gasteiger charge is -2.11. The molecule has 0 aliphatic carbocycles. The van der Waals surface area contributed by atoms with Gasteiger partial charge in [-0.25, -0.2) is 15.0 Å². The first-order chi connectivity index (χ1) is 9.51. The predicted octanol–water partition coefficient (Wildman–Crippen LogP) is 3.67. The normalized spacial score (nSPS) is 10.8. The van der Waals surface area contributed by atoms with Crippen LogP contribution in [-0.2, 0) is 0 Å². The number of nitrogens with zero attached hydrogens (tertiary/aromatic N) is 3.